The molecule has 0 bridgehead atoms. The molecule has 0 unspecified atom stereocenters. The van der Waals surface area contributed by atoms with E-state index < -0.39 is 7.32 Å². The molecule has 2 N–H and O–H groups in total. The van der Waals surface area contributed by atoms with E-state index in [4.69, 9.17) is 26.3 Å². The molecule has 0 amide bonds. The van der Waals surface area contributed by atoms with Crippen LogP contribution in [0.15, 0.2) is 35.2 Å². The largest absolute Gasteiger partial charge is 0.707 e. The first-order valence-electron chi connectivity index (χ1n) is 4.91. The minimum atomic E-state index is -1.83. The summed E-state index contributed by atoms with van der Waals surface area (Å²) in [7, 11) is -1.83. The molecule has 88 valence electrons. The van der Waals surface area contributed by atoms with Gasteiger partial charge in [-0.15, -0.1) is 11.8 Å². The van der Waals surface area contributed by atoms with Gasteiger partial charge in [0, 0.05) is 10.4 Å². The first kappa shape index (κ1) is 12.6. The molecule has 6 heteroatoms. The summed E-state index contributed by atoms with van der Waals surface area (Å²) in [5, 5.41) is 20.2. The third kappa shape index (κ3) is 2.52. The van der Waals surface area contributed by atoms with E-state index in [1.54, 1.807) is 12.1 Å². The first-order valence-corrected chi connectivity index (χ1v) is 6.51. The lowest BCUT2D eigenvalue weighted by Gasteiger charge is -2.13. The summed E-state index contributed by atoms with van der Waals surface area (Å²) in [5.74, 6) is 0.410. The van der Waals surface area contributed by atoms with Crippen LogP contribution in [0.1, 0.15) is 0 Å². The standard InChI is InChI=1S/C11H10BClO3S/c1-17-11-9(16-12(14)15)6-5-7-3-2-4-8(13)10(7)11/h2-6,14-15H,1H3. The number of halogens is 1. The summed E-state index contributed by atoms with van der Waals surface area (Å²) in [6.07, 6.45) is 1.88. The van der Waals surface area contributed by atoms with Crippen LogP contribution in [0, 0.1) is 0 Å². The van der Waals surface area contributed by atoms with Crippen LogP contribution in [-0.4, -0.2) is 23.6 Å². The van der Waals surface area contributed by atoms with Gasteiger partial charge in [0.1, 0.15) is 5.75 Å². The fourth-order valence-corrected chi connectivity index (χ4v) is 2.77. The van der Waals surface area contributed by atoms with Crippen LogP contribution >= 0.6 is 23.4 Å². The number of rotatable bonds is 3. The Kier molecular flexibility index (Phi) is 3.84. The van der Waals surface area contributed by atoms with Crippen LogP contribution < -0.4 is 4.65 Å². The SMILES string of the molecule is CSc1c(OB(O)O)ccc2cccc(Cl)c12. The molecule has 0 aliphatic rings. The normalized spacial score (nSPS) is 10.6. The molecule has 0 aromatic heterocycles. The molecule has 0 heterocycles. The van der Waals surface area contributed by atoms with Crippen molar-refractivity contribution < 1.29 is 14.7 Å². The number of fused-ring (bicyclic) bond motifs is 1. The van der Waals surface area contributed by atoms with Crippen molar-refractivity contribution in [1.82, 2.24) is 0 Å². The Balaban J connectivity index is 2.67. The molecule has 0 saturated heterocycles. The van der Waals surface area contributed by atoms with E-state index in [-0.39, 0.29) is 0 Å². The summed E-state index contributed by atoms with van der Waals surface area (Å²) in [5.41, 5.74) is 0. The zero-order valence-electron chi connectivity index (χ0n) is 9.05. The predicted octanol–water partition coefficient (Wildman–Crippen LogP) is 2.56. The molecule has 3 nitrogen and oxygen atoms in total. The third-order valence-corrected chi connectivity index (χ3v) is 3.48. The molecule has 0 aliphatic heterocycles. The van der Waals surface area contributed by atoms with Gasteiger partial charge in [0.25, 0.3) is 0 Å². The minimum absolute atomic E-state index is 0.410. The van der Waals surface area contributed by atoms with Crippen molar-refractivity contribution in [2.75, 3.05) is 6.26 Å². The minimum Gasteiger partial charge on any atom is -0.511 e. The van der Waals surface area contributed by atoms with Crippen molar-refractivity contribution in [3.63, 3.8) is 0 Å². The van der Waals surface area contributed by atoms with E-state index in [2.05, 4.69) is 0 Å². The van der Waals surface area contributed by atoms with Crippen molar-refractivity contribution in [3.8, 4) is 5.75 Å². The molecule has 0 aliphatic carbocycles. The Labute approximate surface area is 109 Å². The Morgan fingerprint density at radius 3 is 2.65 bits per heavy atom. The fourth-order valence-electron chi connectivity index (χ4n) is 1.69. The average Bonchev–Trinajstić information content (AvgIpc) is 2.29. The average molecular weight is 269 g/mol. The number of benzene rings is 2. The molecule has 0 fully saturated rings. The maximum atomic E-state index is 8.86. The van der Waals surface area contributed by atoms with Crippen LogP contribution in [0.25, 0.3) is 10.8 Å². The highest BCUT2D eigenvalue weighted by molar-refractivity contribution is 7.99. The number of hydrogen-bond acceptors (Lipinski definition) is 4. The van der Waals surface area contributed by atoms with E-state index in [0.29, 0.717) is 10.8 Å². The van der Waals surface area contributed by atoms with E-state index in [1.165, 1.54) is 11.8 Å². The molecule has 0 saturated carbocycles. The van der Waals surface area contributed by atoms with Gasteiger partial charge in [-0.3, -0.25) is 0 Å². The van der Waals surface area contributed by atoms with Crippen molar-refractivity contribution in [1.29, 1.82) is 0 Å². The predicted molar refractivity (Wildman–Crippen MR) is 71.6 cm³/mol. The van der Waals surface area contributed by atoms with Crippen LogP contribution in [-0.2, 0) is 0 Å². The maximum absolute atomic E-state index is 8.86. The highest BCUT2D eigenvalue weighted by atomic mass is 35.5. The van der Waals surface area contributed by atoms with Gasteiger partial charge >= 0.3 is 7.32 Å². The second-order valence-electron chi connectivity index (χ2n) is 3.38. The fraction of sp³-hybridized carbons (Fsp3) is 0.0909. The summed E-state index contributed by atoms with van der Waals surface area (Å²) in [6.45, 7) is 0. The Morgan fingerprint density at radius 1 is 1.24 bits per heavy atom. The molecular weight excluding hydrogens is 258 g/mol. The van der Waals surface area contributed by atoms with Crippen LogP contribution in [0.3, 0.4) is 0 Å². The first-order chi connectivity index (χ1) is 8.13. The lowest BCUT2D eigenvalue weighted by molar-refractivity contribution is 0.285. The maximum Gasteiger partial charge on any atom is 0.707 e. The zero-order valence-corrected chi connectivity index (χ0v) is 10.6. The lowest BCUT2D eigenvalue weighted by atomic mass is 10.1. The second kappa shape index (κ2) is 5.18. The molecular formula is C11H10BClO3S. The van der Waals surface area contributed by atoms with Crippen molar-refractivity contribution in [2.45, 2.75) is 4.90 Å². The second-order valence-corrected chi connectivity index (χ2v) is 4.60. The van der Waals surface area contributed by atoms with Gasteiger partial charge in [-0.05, 0) is 23.8 Å². The van der Waals surface area contributed by atoms with Gasteiger partial charge in [-0.1, -0.05) is 29.8 Å². The molecule has 17 heavy (non-hydrogen) atoms. The van der Waals surface area contributed by atoms with Crippen molar-refractivity contribution in [3.05, 3.63) is 35.4 Å². The molecule has 2 aromatic rings. The van der Waals surface area contributed by atoms with Gasteiger partial charge in [0.05, 0.1) is 4.90 Å². The van der Waals surface area contributed by atoms with Crippen LogP contribution in [0.5, 0.6) is 5.75 Å². The Morgan fingerprint density at radius 2 is 2.00 bits per heavy atom. The quantitative estimate of drug-likeness (QED) is 0.663. The van der Waals surface area contributed by atoms with Crippen LogP contribution in [0.4, 0.5) is 0 Å². The van der Waals surface area contributed by atoms with Gasteiger partial charge in [-0.2, -0.15) is 0 Å². The smallest absolute Gasteiger partial charge is 0.511 e. The van der Waals surface area contributed by atoms with Gasteiger partial charge < -0.3 is 14.7 Å². The van der Waals surface area contributed by atoms with E-state index in [9.17, 15) is 0 Å². The Bertz CT molecular complexity index is 547. The van der Waals surface area contributed by atoms with Crippen molar-refractivity contribution in [2.24, 2.45) is 0 Å². The Hall–Kier alpha value is -0.875. The van der Waals surface area contributed by atoms with Gasteiger partial charge in [-0.25, -0.2) is 0 Å². The monoisotopic (exact) mass is 268 g/mol. The highest BCUT2D eigenvalue weighted by Gasteiger charge is 2.16. The summed E-state index contributed by atoms with van der Waals surface area (Å²) >= 11 is 7.60. The topological polar surface area (TPSA) is 49.7 Å². The molecule has 0 atom stereocenters. The summed E-state index contributed by atoms with van der Waals surface area (Å²) in [4.78, 5) is 0.793. The molecule has 2 aromatic carbocycles. The lowest BCUT2D eigenvalue weighted by Crippen LogP contribution is -2.20. The molecule has 0 spiro atoms. The zero-order chi connectivity index (χ0) is 12.4. The number of hydrogen-bond donors (Lipinski definition) is 2. The molecule has 2 rings (SSSR count). The summed E-state index contributed by atoms with van der Waals surface area (Å²) in [6, 6.07) is 9.14. The van der Waals surface area contributed by atoms with E-state index in [1.807, 2.05) is 24.5 Å². The van der Waals surface area contributed by atoms with E-state index >= 15 is 0 Å². The highest BCUT2D eigenvalue weighted by Crippen LogP contribution is 2.38. The van der Waals surface area contributed by atoms with Crippen molar-refractivity contribution >= 4 is 41.5 Å². The third-order valence-electron chi connectivity index (χ3n) is 2.35. The summed E-state index contributed by atoms with van der Waals surface area (Å²) < 4.78 is 4.93. The number of thioether (sulfide) groups is 1. The van der Waals surface area contributed by atoms with Gasteiger partial charge in [0.2, 0.25) is 0 Å². The van der Waals surface area contributed by atoms with Gasteiger partial charge in [0.15, 0.2) is 0 Å². The van der Waals surface area contributed by atoms with E-state index in [0.717, 1.165) is 15.7 Å². The van der Waals surface area contributed by atoms with Crippen LogP contribution in [0.2, 0.25) is 5.02 Å². The molecule has 0 radical (unpaired) electrons.